The molecule has 2 saturated heterocycles. The molecule has 15 heavy (non-hydrogen) atoms. The lowest BCUT2D eigenvalue weighted by molar-refractivity contribution is 0.0885. The van der Waals surface area contributed by atoms with Crippen molar-refractivity contribution in [1.29, 1.82) is 0 Å². The average molecular weight is 214 g/mol. The molecule has 4 nitrogen and oxygen atoms in total. The molecule has 3 unspecified atom stereocenters. The van der Waals surface area contributed by atoms with Crippen molar-refractivity contribution in [1.82, 2.24) is 10.2 Å². The van der Waals surface area contributed by atoms with Gasteiger partial charge in [0, 0.05) is 25.2 Å². The molecule has 3 atom stereocenters. The minimum absolute atomic E-state index is 0.145. The van der Waals surface area contributed by atoms with E-state index >= 15 is 0 Å². The van der Waals surface area contributed by atoms with E-state index in [2.05, 4.69) is 10.2 Å². The van der Waals surface area contributed by atoms with E-state index in [1.54, 1.807) is 0 Å². The molecule has 0 bridgehead atoms. The Morgan fingerprint density at radius 3 is 2.93 bits per heavy atom. The lowest BCUT2D eigenvalue weighted by atomic mass is 9.99. The Morgan fingerprint density at radius 1 is 1.27 bits per heavy atom. The summed E-state index contributed by atoms with van der Waals surface area (Å²) in [5, 5.41) is 21.4. The van der Waals surface area contributed by atoms with Crippen LogP contribution in [0.4, 0.5) is 0 Å². The highest BCUT2D eigenvalue weighted by Gasteiger charge is 2.35. The molecule has 0 saturated carbocycles. The second-order valence-corrected chi connectivity index (χ2v) is 4.74. The number of hydrogen-bond acceptors (Lipinski definition) is 4. The Bertz CT molecular complexity index is 201. The summed E-state index contributed by atoms with van der Waals surface area (Å²) in [5.74, 6) is 0. The Balaban J connectivity index is 1.78. The Labute approximate surface area is 91.3 Å². The maximum absolute atomic E-state index is 9.29. The normalized spacial score (nSPS) is 34.0. The zero-order valence-electron chi connectivity index (χ0n) is 9.23. The van der Waals surface area contributed by atoms with E-state index in [1.807, 2.05) is 0 Å². The molecular formula is C11H22N2O2. The second-order valence-electron chi connectivity index (χ2n) is 4.74. The quantitative estimate of drug-likeness (QED) is 0.594. The number of piperidine rings is 1. The first kappa shape index (κ1) is 11.3. The standard InChI is InChI=1S/C11H22N2O2/c14-8-9(15)7-12-10-4-6-13-5-2-1-3-11(10)13/h9-12,14-15H,1-8H2. The first-order valence-electron chi connectivity index (χ1n) is 6.07. The fraction of sp³-hybridized carbons (Fsp3) is 1.00. The minimum Gasteiger partial charge on any atom is -0.394 e. The molecule has 2 aliphatic rings. The van der Waals surface area contributed by atoms with Crippen molar-refractivity contribution in [2.24, 2.45) is 0 Å². The van der Waals surface area contributed by atoms with Gasteiger partial charge in [0.25, 0.3) is 0 Å². The molecule has 3 N–H and O–H groups in total. The summed E-state index contributed by atoms with van der Waals surface area (Å²) in [6, 6.07) is 1.19. The highest BCUT2D eigenvalue weighted by atomic mass is 16.3. The van der Waals surface area contributed by atoms with E-state index in [1.165, 1.54) is 38.8 Å². The van der Waals surface area contributed by atoms with Crippen LogP contribution < -0.4 is 5.32 Å². The minimum atomic E-state index is -0.609. The van der Waals surface area contributed by atoms with Crippen LogP contribution in [0, 0.1) is 0 Å². The smallest absolute Gasteiger partial charge is 0.0895 e. The van der Waals surface area contributed by atoms with Gasteiger partial charge in [0.2, 0.25) is 0 Å². The predicted molar refractivity (Wildman–Crippen MR) is 58.7 cm³/mol. The van der Waals surface area contributed by atoms with E-state index in [4.69, 9.17) is 5.11 Å². The van der Waals surface area contributed by atoms with Crippen LogP contribution in [0.3, 0.4) is 0 Å². The van der Waals surface area contributed by atoms with E-state index in [0.717, 1.165) is 0 Å². The van der Waals surface area contributed by atoms with Crippen LogP contribution in [0.15, 0.2) is 0 Å². The van der Waals surface area contributed by atoms with Gasteiger partial charge < -0.3 is 15.5 Å². The fourth-order valence-electron chi connectivity index (χ4n) is 2.84. The van der Waals surface area contributed by atoms with Crippen molar-refractivity contribution in [2.45, 2.75) is 43.9 Å². The van der Waals surface area contributed by atoms with E-state index in [0.29, 0.717) is 18.6 Å². The Morgan fingerprint density at radius 2 is 2.13 bits per heavy atom. The van der Waals surface area contributed by atoms with Gasteiger partial charge in [-0.2, -0.15) is 0 Å². The molecule has 2 aliphatic heterocycles. The second kappa shape index (κ2) is 5.25. The third kappa shape index (κ3) is 2.69. The molecule has 2 fully saturated rings. The highest BCUT2D eigenvalue weighted by molar-refractivity contribution is 4.94. The third-order valence-electron chi connectivity index (χ3n) is 3.68. The van der Waals surface area contributed by atoms with Crippen molar-refractivity contribution in [3.63, 3.8) is 0 Å². The van der Waals surface area contributed by atoms with Gasteiger partial charge in [-0.3, -0.25) is 4.90 Å². The summed E-state index contributed by atoms with van der Waals surface area (Å²) in [5.41, 5.74) is 0. The fourth-order valence-corrected chi connectivity index (χ4v) is 2.84. The first-order chi connectivity index (χ1) is 7.31. The molecule has 0 aliphatic carbocycles. The van der Waals surface area contributed by atoms with E-state index in [-0.39, 0.29) is 6.61 Å². The highest BCUT2D eigenvalue weighted by Crippen LogP contribution is 2.26. The van der Waals surface area contributed by atoms with Gasteiger partial charge in [-0.25, -0.2) is 0 Å². The van der Waals surface area contributed by atoms with Crippen molar-refractivity contribution < 1.29 is 10.2 Å². The summed E-state index contributed by atoms with van der Waals surface area (Å²) in [7, 11) is 0. The van der Waals surface area contributed by atoms with Crippen LogP contribution in [0.5, 0.6) is 0 Å². The first-order valence-corrected chi connectivity index (χ1v) is 6.07. The number of nitrogens with one attached hydrogen (secondary N) is 1. The topological polar surface area (TPSA) is 55.7 Å². The summed E-state index contributed by atoms with van der Waals surface area (Å²) < 4.78 is 0. The molecule has 0 radical (unpaired) electrons. The van der Waals surface area contributed by atoms with Gasteiger partial charge in [0.1, 0.15) is 0 Å². The molecule has 4 heteroatoms. The third-order valence-corrected chi connectivity index (χ3v) is 3.68. The number of rotatable bonds is 4. The summed E-state index contributed by atoms with van der Waals surface area (Å²) >= 11 is 0. The number of aliphatic hydroxyl groups is 2. The SMILES string of the molecule is OCC(O)CNC1CCN2CCCCC12. The van der Waals surface area contributed by atoms with Crippen LogP contribution in [0.2, 0.25) is 0 Å². The largest absolute Gasteiger partial charge is 0.394 e. The molecule has 0 aromatic carbocycles. The van der Waals surface area contributed by atoms with Gasteiger partial charge in [-0.05, 0) is 25.8 Å². The van der Waals surface area contributed by atoms with E-state index < -0.39 is 6.10 Å². The van der Waals surface area contributed by atoms with Gasteiger partial charge in [-0.15, -0.1) is 0 Å². The summed E-state index contributed by atoms with van der Waals surface area (Å²) in [6.07, 6.45) is 4.53. The maximum Gasteiger partial charge on any atom is 0.0895 e. The Kier molecular flexibility index (Phi) is 3.97. The molecule has 0 spiro atoms. The van der Waals surface area contributed by atoms with Crippen LogP contribution in [-0.4, -0.2) is 59.5 Å². The van der Waals surface area contributed by atoms with Crippen molar-refractivity contribution in [3.8, 4) is 0 Å². The average Bonchev–Trinajstić information content (AvgIpc) is 2.69. The summed E-state index contributed by atoms with van der Waals surface area (Å²) in [4.78, 5) is 2.56. The van der Waals surface area contributed by atoms with Gasteiger partial charge in [0.15, 0.2) is 0 Å². The van der Waals surface area contributed by atoms with Crippen molar-refractivity contribution >= 4 is 0 Å². The number of hydrogen-bond donors (Lipinski definition) is 3. The van der Waals surface area contributed by atoms with Crippen molar-refractivity contribution in [3.05, 3.63) is 0 Å². The molecule has 0 amide bonds. The number of fused-ring (bicyclic) bond motifs is 1. The Hall–Kier alpha value is -0.160. The zero-order valence-corrected chi connectivity index (χ0v) is 9.23. The number of nitrogens with zero attached hydrogens (tertiary/aromatic N) is 1. The molecule has 0 aromatic rings. The molecule has 2 heterocycles. The molecule has 0 aromatic heterocycles. The van der Waals surface area contributed by atoms with Gasteiger partial charge >= 0.3 is 0 Å². The monoisotopic (exact) mass is 214 g/mol. The van der Waals surface area contributed by atoms with Crippen LogP contribution in [-0.2, 0) is 0 Å². The lowest BCUT2D eigenvalue weighted by Gasteiger charge is -2.32. The van der Waals surface area contributed by atoms with Crippen LogP contribution in [0.25, 0.3) is 0 Å². The summed E-state index contributed by atoms with van der Waals surface area (Å²) in [6.45, 7) is 2.81. The molecule has 88 valence electrons. The van der Waals surface area contributed by atoms with E-state index in [9.17, 15) is 5.11 Å². The molecular weight excluding hydrogens is 192 g/mol. The molecule has 2 rings (SSSR count). The zero-order chi connectivity index (χ0) is 10.7. The van der Waals surface area contributed by atoms with Gasteiger partial charge in [-0.1, -0.05) is 6.42 Å². The van der Waals surface area contributed by atoms with Crippen LogP contribution in [0.1, 0.15) is 25.7 Å². The predicted octanol–water partition coefficient (Wildman–Crippen LogP) is -0.444. The maximum atomic E-state index is 9.29. The van der Waals surface area contributed by atoms with Crippen molar-refractivity contribution in [2.75, 3.05) is 26.2 Å². The lowest BCUT2D eigenvalue weighted by Crippen LogP contribution is -2.47. The van der Waals surface area contributed by atoms with Gasteiger partial charge in [0.05, 0.1) is 12.7 Å². The van der Waals surface area contributed by atoms with Crippen LogP contribution >= 0.6 is 0 Å². The number of aliphatic hydroxyl groups excluding tert-OH is 2.